The van der Waals surface area contributed by atoms with Crippen LogP contribution >= 0.6 is 0 Å². The Kier molecular flexibility index (Phi) is 6.00. The van der Waals surface area contributed by atoms with Crippen molar-refractivity contribution in [1.82, 2.24) is 19.2 Å². The first-order valence-electron chi connectivity index (χ1n) is 11.5. The number of hydrogen-bond donors (Lipinski definition) is 1. The number of aromatic amines is 1. The van der Waals surface area contributed by atoms with Crippen molar-refractivity contribution in [1.29, 1.82) is 0 Å². The van der Waals surface area contributed by atoms with E-state index in [1.165, 1.54) is 16.4 Å². The minimum atomic E-state index is -3.78. The average Bonchev–Trinajstić information content (AvgIpc) is 3.28. The molecule has 0 saturated carbocycles. The van der Waals surface area contributed by atoms with Crippen molar-refractivity contribution in [3.8, 4) is 0 Å². The number of imidazole rings is 1. The number of hydrogen-bond acceptors (Lipinski definition) is 7. The third-order valence-electron chi connectivity index (χ3n) is 6.87. The highest BCUT2D eigenvalue weighted by atomic mass is 32.2. The number of benzene rings is 2. The molecule has 2 saturated heterocycles. The molecule has 3 heterocycles. The van der Waals surface area contributed by atoms with E-state index in [0.29, 0.717) is 45.0 Å². The number of anilines is 1. The van der Waals surface area contributed by atoms with Gasteiger partial charge in [0, 0.05) is 51.3 Å². The van der Waals surface area contributed by atoms with Crippen LogP contribution in [0, 0.1) is 10.1 Å². The summed E-state index contributed by atoms with van der Waals surface area (Å²) in [7, 11) is -1.83. The summed E-state index contributed by atoms with van der Waals surface area (Å²) in [5.41, 5.74) is 2.24. The number of fused-ring (bicyclic) bond motifs is 1. The third kappa shape index (κ3) is 4.26. The number of nitrogens with zero attached hydrogens (tertiary/aromatic N) is 5. The highest BCUT2D eigenvalue weighted by Gasteiger charge is 2.32. The SMILES string of the molecule is CN1CCN(S(=O)(=O)c2ccc(N3CCC(c4nc5ccccc5[nH]4)CC3)c([N+](=O)[O-])c2)CC1. The molecule has 34 heavy (non-hydrogen) atoms. The van der Waals surface area contributed by atoms with Gasteiger partial charge in [-0.3, -0.25) is 10.1 Å². The third-order valence-corrected chi connectivity index (χ3v) is 8.77. The normalized spacial score (nSPS) is 19.0. The van der Waals surface area contributed by atoms with Gasteiger partial charge in [-0.05, 0) is 44.2 Å². The van der Waals surface area contributed by atoms with E-state index in [1.54, 1.807) is 6.07 Å². The maximum atomic E-state index is 13.1. The monoisotopic (exact) mass is 484 g/mol. The highest BCUT2D eigenvalue weighted by molar-refractivity contribution is 7.89. The Balaban J connectivity index is 1.34. The number of nitro groups is 1. The summed E-state index contributed by atoms with van der Waals surface area (Å²) in [5.74, 6) is 1.20. The van der Waals surface area contributed by atoms with Crippen LogP contribution in [0.2, 0.25) is 0 Å². The summed E-state index contributed by atoms with van der Waals surface area (Å²) in [4.78, 5) is 23.5. The van der Waals surface area contributed by atoms with Gasteiger partial charge < -0.3 is 14.8 Å². The molecule has 0 bridgehead atoms. The van der Waals surface area contributed by atoms with Gasteiger partial charge in [0.05, 0.1) is 20.9 Å². The van der Waals surface area contributed by atoms with Crippen LogP contribution in [0.15, 0.2) is 47.4 Å². The molecule has 2 aromatic carbocycles. The molecule has 11 heteroatoms. The molecule has 0 spiro atoms. The number of piperazine rings is 1. The first-order valence-corrected chi connectivity index (χ1v) is 12.9. The molecule has 0 radical (unpaired) electrons. The molecule has 0 aliphatic carbocycles. The van der Waals surface area contributed by atoms with Gasteiger partial charge in [-0.25, -0.2) is 13.4 Å². The summed E-state index contributed by atoms with van der Waals surface area (Å²) in [6.45, 7) is 3.30. The Morgan fingerprint density at radius 1 is 1.03 bits per heavy atom. The van der Waals surface area contributed by atoms with Gasteiger partial charge in [0.1, 0.15) is 11.5 Å². The Hall–Kier alpha value is -3.02. The number of para-hydroxylation sites is 2. The Morgan fingerprint density at radius 2 is 1.74 bits per heavy atom. The molecule has 0 atom stereocenters. The molecule has 180 valence electrons. The lowest BCUT2D eigenvalue weighted by Crippen LogP contribution is -2.47. The fourth-order valence-electron chi connectivity index (χ4n) is 4.81. The standard InChI is InChI=1S/C23H28N6O4S/c1-26-12-14-28(15-13-26)34(32,33)18-6-7-21(22(16-18)29(30)31)27-10-8-17(9-11-27)23-24-19-4-2-3-5-20(19)25-23/h2-7,16-17H,8-15H2,1H3,(H,24,25). The number of piperidine rings is 1. The first-order chi connectivity index (χ1) is 16.3. The predicted molar refractivity (Wildman–Crippen MR) is 130 cm³/mol. The number of sulfonamides is 1. The topological polar surface area (TPSA) is 116 Å². The van der Waals surface area contributed by atoms with Gasteiger partial charge >= 0.3 is 0 Å². The lowest BCUT2D eigenvalue weighted by atomic mass is 9.95. The number of likely N-dealkylation sites (N-methyl/N-ethyl adjacent to an activating group) is 1. The van der Waals surface area contributed by atoms with Crippen molar-refractivity contribution in [3.63, 3.8) is 0 Å². The molecule has 0 amide bonds. The van der Waals surface area contributed by atoms with Crippen LogP contribution in [-0.2, 0) is 10.0 Å². The van der Waals surface area contributed by atoms with Gasteiger partial charge in [-0.15, -0.1) is 0 Å². The summed E-state index contributed by atoms with van der Waals surface area (Å²) >= 11 is 0. The number of aromatic nitrogens is 2. The van der Waals surface area contributed by atoms with Crippen LogP contribution in [0.3, 0.4) is 0 Å². The van der Waals surface area contributed by atoms with E-state index in [9.17, 15) is 18.5 Å². The zero-order chi connectivity index (χ0) is 23.9. The molecule has 2 fully saturated rings. The maximum Gasteiger partial charge on any atom is 0.293 e. The van der Waals surface area contributed by atoms with Crippen molar-refractivity contribution >= 4 is 32.4 Å². The zero-order valence-electron chi connectivity index (χ0n) is 19.1. The molecular weight excluding hydrogens is 456 g/mol. The molecule has 2 aliphatic rings. The van der Waals surface area contributed by atoms with E-state index >= 15 is 0 Å². The average molecular weight is 485 g/mol. The molecule has 3 aromatic rings. The minimum Gasteiger partial charge on any atom is -0.366 e. The molecular formula is C23H28N6O4S. The van der Waals surface area contributed by atoms with E-state index in [1.807, 2.05) is 36.2 Å². The van der Waals surface area contributed by atoms with E-state index in [2.05, 4.69) is 9.88 Å². The second-order valence-electron chi connectivity index (χ2n) is 9.02. The van der Waals surface area contributed by atoms with E-state index in [0.717, 1.165) is 29.7 Å². The zero-order valence-corrected chi connectivity index (χ0v) is 19.9. The Labute approximate surface area is 198 Å². The maximum absolute atomic E-state index is 13.1. The van der Waals surface area contributed by atoms with Crippen molar-refractivity contribution in [3.05, 3.63) is 58.4 Å². The van der Waals surface area contributed by atoms with Gasteiger partial charge in [0.2, 0.25) is 10.0 Å². The van der Waals surface area contributed by atoms with E-state index < -0.39 is 14.9 Å². The Morgan fingerprint density at radius 3 is 2.41 bits per heavy atom. The fourth-order valence-corrected chi connectivity index (χ4v) is 6.26. The van der Waals surface area contributed by atoms with E-state index in [-0.39, 0.29) is 16.5 Å². The number of nitro benzene ring substituents is 1. The van der Waals surface area contributed by atoms with Gasteiger partial charge in [0.25, 0.3) is 5.69 Å². The largest absolute Gasteiger partial charge is 0.366 e. The van der Waals surface area contributed by atoms with Crippen molar-refractivity contribution < 1.29 is 13.3 Å². The lowest BCUT2D eigenvalue weighted by molar-refractivity contribution is -0.384. The fraction of sp³-hybridized carbons (Fsp3) is 0.435. The van der Waals surface area contributed by atoms with Crippen molar-refractivity contribution in [2.24, 2.45) is 0 Å². The molecule has 5 rings (SSSR count). The number of nitrogens with one attached hydrogen (secondary N) is 1. The Bertz CT molecular complexity index is 1270. The van der Waals surface area contributed by atoms with Crippen LogP contribution in [0.5, 0.6) is 0 Å². The van der Waals surface area contributed by atoms with Crippen LogP contribution < -0.4 is 4.90 Å². The van der Waals surface area contributed by atoms with Crippen LogP contribution in [0.4, 0.5) is 11.4 Å². The van der Waals surface area contributed by atoms with Gasteiger partial charge in [-0.2, -0.15) is 4.31 Å². The van der Waals surface area contributed by atoms with Crippen LogP contribution in [0.25, 0.3) is 11.0 Å². The smallest absolute Gasteiger partial charge is 0.293 e. The summed E-state index contributed by atoms with van der Waals surface area (Å²) in [5, 5.41) is 11.9. The quantitative estimate of drug-likeness (QED) is 0.437. The van der Waals surface area contributed by atoms with E-state index in [4.69, 9.17) is 4.98 Å². The predicted octanol–water partition coefficient (Wildman–Crippen LogP) is 2.79. The number of rotatable bonds is 5. The second-order valence-corrected chi connectivity index (χ2v) is 11.0. The van der Waals surface area contributed by atoms with Crippen LogP contribution in [0.1, 0.15) is 24.6 Å². The molecule has 1 aromatic heterocycles. The van der Waals surface area contributed by atoms with Crippen molar-refractivity contribution in [2.45, 2.75) is 23.7 Å². The molecule has 0 unspecified atom stereocenters. The van der Waals surface area contributed by atoms with Crippen molar-refractivity contribution in [2.75, 3.05) is 51.2 Å². The van der Waals surface area contributed by atoms with Gasteiger partial charge in [-0.1, -0.05) is 12.1 Å². The van der Waals surface area contributed by atoms with Gasteiger partial charge in [0.15, 0.2) is 0 Å². The van der Waals surface area contributed by atoms with Crippen LogP contribution in [-0.4, -0.2) is 78.8 Å². The first kappa shape index (κ1) is 22.8. The summed E-state index contributed by atoms with van der Waals surface area (Å²) in [6, 6.07) is 12.2. The molecule has 2 aliphatic heterocycles. The second kappa shape index (κ2) is 8.97. The molecule has 10 nitrogen and oxygen atoms in total. The summed E-state index contributed by atoms with van der Waals surface area (Å²) in [6.07, 6.45) is 1.61. The minimum absolute atomic E-state index is 0.0235. The number of H-pyrrole nitrogens is 1. The lowest BCUT2D eigenvalue weighted by Gasteiger charge is -2.33. The molecule has 1 N–H and O–H groups in total. The highest BCUT2D eigenvalue weighted by Crippen LogP contribution is 2.36. The summed E-state index contributed by atoms with van der Waals surface area (Å²) < 4.78 is 27.6.